The SMILES string of the molecule is CNC(=O)CCCNC(=O)CCN1C(=O)C=CC1=O.CNC(=O)CCCNC(=O)CCN1C(=O)CC(C(=O)[C@@H](N)CS)C1=O.[H-].[HH].[HH].[HH].[HH].[HH]. The van der Waals surface area contributed by atoms with Crippen molar-refractivity contribution in [2.24, 2.45) is 11.7 Å². The number of rotatable bonds is 17. The van der Waals surface area contributed by atoms with Crippen molar-refractivity contribution < 1.29 is 51.7 Å². The lowest BCUT2D eigenvalue weighted by molar-refractivity contribution is -0.142. The summed E-state index contributed by atoms with van der Waals surface area (Å²) in [5.74, 6) is -4.14. The van der Waals surface area contributed by atoms with Crippen molar-refractivity contribution in [1.29, 1.82) is 0 Å². The number of nitrogens with zero attached hydrogens (tertiary/aromatic N) is 2. The minimum atomic E-state index is -1.08. The van der Waals surface area contributed by atoms with Gasteiger partial charge in [-0.2, -0.15) is 12.6 Å². The summed E-state index contributed by atoms with van der Waals surface area (Å²) in [6, 6.07) is -0.895. The molecule has 0 aromatic rings. The number of nitrogens with one attached hydrogen (secondary N) is 4. The van der Waals surface area contributed by atoms with Gasteiger partial charge in [-0.15, -0.1) is 0 Å². The van der Waals surface area contributed by atoms with E-state index in [4.69, 9.17) is 5.73 Å². The van der Waals surface area contributed by atoms with Gasteiger partial charge in [0, 0.05) is 97.4 Å². The third-order valence-electron chi connectivity index (χ3n) is 6.54. The van der Waals surface area contributed by atoms with E-state index in [0.717, 1.165) is 9.80 Å². The van der Waals surface area contributed by atoms with Gasteiger partial charge in [-0.3, -0.25) is 53.0 Å². The maximum Gasteiger partial charge on any atom is 0.253 e. The highest BCUT2D eigenvalue weighted by Gasteiger charge is 2.43. The Labute approximate surface area is 269 Å². The van der Waals surface area contributed by atoms with E-state index in [-0.39, 0.29) is 70.3 Å². The van der Waals surface area contributed by atoms with Crippen LogP contribution in [0.2, 0.25) is 0 Å². The van der Waals surface area contributed by atoms with Crippen molar-refractivity contribution in [3.63, 3.8) is 0 Å². The highest BCUT2D eigenvalue weighted by Crippen LogP contribution is 2.22. The van der Waals surface area contributed by atoms with Crippen molar-refractivity contribution >= 4 is 65.7 Å². The molecule has 0 bridgehead atoms. The molecule has 256 valence electrons. The first-order valence-electron chi connectivity index (χ1n) is 14.1. The van der Waals surface area contributed by atoms with E-state index >= 15 is 0 Å². The van der Waals surface area contributed by atoms with Crippen LogP contribution in [0.25, 0.3) is 0 Å². The summed E-state index contributed by atoms with van der Waals surface area (Å²) in [7, 11) is 3.09. The fourth-order valence-electron chi connectivity index (χ4n) is 3.95. The van der Waals surface area contributed by atoms with Gasteiger partial charge in [0.1, 0.15) is 5.92 Å². The third-order valence-corrected chi connectivity index (χ3v) is 6.93. The number of carbonyl (C=O) groups excluding carboxylic acids is 9. The van der Waals surface area contributed by atoms with Crippen molar-refractivity contribution in [3.8, 4) is 0 Å². The minimum absolute atomic E-state index is 0. The zero-order valence-corrected chi connectivity index (χ0v) is 25.8. The van der Waals surface area contributed by atoms with Crippen LogP contribution in [0.1, 0.15) is 53.5 Å². The van der Waals surface area contributed by atoms with Crippen molar-refractivity contribution in [2.45, 2.75) is 51.0 Å². The summed E-state index contributed by atoms with van der Waals surface area (Å²) in [6.45, 7) is 0.712. The molecule has 6 N–H and O–H groups in total. The predicted octanol–water partition coefficient (Wildman–Crippen LogP) is -1.49. The first-order chi connectivity index (χ1) is 20.9. The van der Waals surface area contributed by atoms with Gasteiger partial charge in [-0.25, -0.2) is 0 Å². The standard InChI is InChI=1S/C15H24N4O5S.C12H17N3O4.5H2.H/c1-17-11(20)3-2-5-18-12(21)4-6-19-13(22)7-9(15(19)24)14(23)10(16)8-25;1-13-9(16)3-2-7-14-10(17)6-8-15-11(18)4-5-12(15)19;;;;;;/h9-10,25H,2-8,16H2,1H3,(H,17,20)(H,18,21);4-5H,2-3,6-8H2,1H3,(H,13,16)(H,14,17);5*1H;/q;;;;;;;-1/t9?,10-;;;;;;;/m0......./s1. The number of likely N-dealkylation sites (tertiary alicyclic amines) is 1. The quantitative estimate of drug-likeness (QED) is 0.0462. The van der Waals surface area contributed by atoms with Gasteiger partial charge in [-0.1, -0.05) is 0 Å². The zero-order chi connectivity index (χ0) is 33.2. The van der Waals surface area contributed by atoms with Crippen molar-refractivity contribution in [1.82, 2.24) is 31.1 Å². The van der Waals surface area contributed by atoms with Crippen molar-refractivity contribution in [2.75, 3.05) is 46.0 Å². The van der Waals surface area contributed by atoms with Gasteiger partial charge >= 0.3 is 0 Å². The smallest absolute Gasteiger partial charge is 0.253 e. The van der Waals surface area contributed by atoms with Crippen LogP contribution in [0.3, 0.4) is 0 Å². The monoisotopic (exact) mass is 650 g/mol. The van der Waals surface area contributed by atoms with E-state index in [9.17, 15) is 43.2 Å². The molecule has 2 aliphatic rings. The Kier molecular flexibility index (Phi) is 17.2. The molecule has 1 unspecified atom stereocenters. The van der Waals surface area contributed by atoms with Gasteiger partial charge in [0.25, 0.3) is 11.8 Å². The molecular weight excluding hydrogens is 598 g/mol. The van der Waals surface area contributed by atoms with Crippen LogP contribution in [-0.2, 0) is 43.2 Å². The van der Waals surface area contributed by atoms with Gasteiger partial charge < -0.3 is 28.4 Å². The molecule has 2 heterocycles. The number of thiol groups is 1. The number of imide groups is 2. The van der Waals surface area contributed by atoms with E-state index in [2.05, 4.69) is 33.9 Å². The Morgan fingerprint density at radius 2 is 1.30 bits per heavy atom. The van der Waals surface area contributed by atoms with E-state index in [1.165, 1.54) is 19.2 Å². The molecule has 44 heavy (non-hydrogen) atoms. The van der Waals surface area contributed by atoms with Crippen molar-refractivity contribution in [3.05, 3.63) is 12.2 Å². The summed E-state index contributed by atoms with van der Waals surface area (Å²) < 4.78 is 0. The van der Waals surface area contributed by atoms with Crippen LogP contribution < -0.4 is 27.0 Å². The van der Waals surface area contributed by atoms with Crippen LogP contribution in [-0.4, -0.2) is 115 Å². The molecule has 0 aromatic heterocycles. The molecule has 1 saturated heterocycles. The van der Waals surface area contributed by atoms with E-state index in [1.54, 1.807) is 7.05 Å². The normalized spacial score (nSPS) is 16.3. The zero-order valence-electron chi connectivity index (χ0n) is 25.9. The largest absolute Gasteiger partial charge is 1.00 e. The predicted molar refractivity (Wildman–Crippen MR) is 171 cm³/mol. The average molecular weight is 651 g/mol. The van der Waals surface area contributed by atoms with Gasteiger partial charge in [0.05, 0.1) is 6.04 Å². The lowest BCUT2D eigenvalue weighted by atomic mass is 9.98. The second kappa shape index (κ2) is 20.0. The summed E-state index contributed by atoms with van der Waals surface area (Å²) in [5, 5.41) is 10.2. The maximum absolute atomic E-state index is 12.2. The second-order valence-electron chi connectivity index (χ2n) is 9.75. The lowest BCUT2D eigenvalue weighted by Gasteiger charge is -2.15. The van der Waals surface area contributed by atoms with Crippen LogP contribution in [0, 0.1) is 5.92 Å². The molecular formula is C27H52N7O9S-. The Morgan fingerprint density at radius 1 is 0.841 bits per heavy atom. The summed E-state index contributed by atoms with van der Waals surface area (Å²) in [6.07, 6.45) is 3.86. The highest BCUT2D eigenvalue weighted by atomic mass is 32.1. The molecule has 0 radical (unpaired) electrons. The highest BCUT2D eigenvalue weighted by molar-refractivity contribution is 7.80. The van der Waals surface area contributed by atoms with Crippen LogP contribution in [0.15, 0.2) is 12.2 Å². The fraction of sp³-hybridized carbons (Fsp3) is 0.593. The van der Waals surface area contributed by atoms with Gasteiger partial charge in [-0.05, 0) is 12.8 Å². The third kappa shape index (κ3) is 13.0. The van der Waals surface area contributed by atoms with Crippen LogP contribution in [0.5, 0.6) is 0 Å². The molecule has 2 rings (SSSR count). The molecule has 2 atom stereocenters. The summed E-state index contributed by atoms with van der Waals surface area (Å²) >= 11 is 3.92. The minimum Gasteiger partial charge on any atom is -1.00 e. The summed E-state index contributed by atoms with van der Waals surface area (Å²) in [5.41, 5.74) is 5.57. The maximum atomic E-state index is 12.2. The number of hydrogen-bond acceptors (Lipinski definition) is 11. The summed E-state index contributed by atoms with van der Waals surface area (Å²) in [4.78, 5) is 106. The Balaban J connectivity index is -0.000000177. The topological polar surface area (TPSA) is 234 Å². The molecule has 8 amide bonds. The number of nitrogens with two attached hydrogens (primary N) is 1. The fourth-order valence-corrected chi connectivity index (χ4v) is 4.13. The number of ketones is 1. The number of hydrogen-bond donors (Lipinski definition) is 6. The van der Waals surface area contributed by atoms with Gasteiger partial charge in [0.15, 0.2) is 5.78 Å². The Bertz CT molecular complexity index is 1150. The first-order valence-corrected chi connectivity index (χ1v) is 14.7. The molecule has 16 nitrogen and oxygen atoms in total. The Hall–Kier alpha value is -4.12. The lowest BCUT2D eigenvalue weighted by Crippen LogP contribution is -2.41. The number of amides is 8. The molecule has 0 aromatic carbocycles. The molecule has 2 aliphatic heterocycles. The molecule has 0 spiro atoms. The Morgan fingerprint density at radius 3 is 1.73 bits per heavy atom. The first kappa shape index (κ1) is 37.9. The van der Waals surface area contributed by atoms with Crippen LogP contribution in [0.4, 0.5) is 0 Å². The molecule has 1 fully saturated rings. The van der Waals surface area contributed by atoms with Gasteiger partial charge in [0.2, 0.25) is 35.4 Å². The second-order valence-corrected chi connectivity index (χ2v) is 10.1. The number of carbonyl (C=O) groups is 9. The average Bonchev–Trinajstić information content (AvgIpc) is 3.49. The number of Topliss-reactive ketones (excluding diaryl/α,β-unsaturated/α-hetero) is 1. The molecule has 0 saturated carbocycles. The molecule has 17 heteroatoms. The van der Waals surface area contributed by atoms with E-state index < -0.39 is 41.4 Å². The van der Waals surface area contributed by atoms with E-state index in [1.807, 2.05) is 0 Å². The van der Waals surface area contributed by atoms with E-state index in [0.29, 0.717) is 38.8 Å². The molecule has 0 aliphatic carbocycles. The van der Waals surface area contributed by atoms with Crippen LogP contribution >= 0.6 is 12.6 Å².